The molecule has 0 saturated heterocycles. The lowest BCUT2D eigenvalue weighted by molar-refractivity contribution is 0.386. The second kappa shape index (κ2) is 6.45. The van der Waals surface area contributed by atoms with Crippen LogP contribution in [-0.4, -0.2) is 12.1 Å². The highest BCUT2D eigenvalue weighted by Gasteiger charge is 2.14. The summed E-state index contributed by atoms with van der Waals surface area (Å²) in [5.74, 6) is 5.49. The zero-order chi connectivity index (χ0) is 14.5. The van der Waals surface area contributed by atoms with Gasteiger partial charge < -0.3 is 4.74 Å². The van der Waals surface area contributed by atoms with Crippen LogP contribution in [0.3, 0.4) is 0 Å². The van der Waals surface area contributed by atoms with Gasteiger partial charge in [0.2, 0.25) is 0 Å². The lowest BCUT2D eigenvalue weighted by atomic mass is 9.98. The highest BCUT2D eigenvalue weighted by atomic mass is 19.1. The number of benzene rings is 1. The molecule has 0 saturated carbocycles. The van der Waals surface area contributed by atoms with E-state index in [0.29, 0.717) is 6.42 Å². The lowest BCUT2D eigenvalue weighted by Gasteiger charge is -2.18. The van der Waals surface area contributed by atoms with Crippen molar-refractivity contribution in [1.29, 1.82) is 0 Å². The van der Waals surface area contributed by atoms with E-state index in [2.05, 4.69) is 10.4 Å². The molecule has 106 valence electrons. The van der Waals surface area contributed by atoms with Crippen LogP contribution in [0.25, 0.3) is 0 Å². The van der Waals surface area contributed by atoms with Gasteiger partial charge in [-0.15, -0.1) is 0 Å². The molecule has 1 aromatic carbocycles. The first-order valence-electron chi connectivity index (χ1n) is 6.35. The summed E-state index contributed by atoms with van der Waals surface area (Å²) in [5.41, 5.74) is 5.52. The first-order chi connectivity index (χ1) is 9.65. The molecule has 2 rings (SSSR count). The molecule has 0 radical (unpaired) electrons. The van der Waals surface area contributed by atoms with Gasteiger partial charge in [0, 0.05) is 11.9 Å². The van der Waals surface area contributed by atoms with Gasteiger partial charge >= 0.3 is 0 Å². The average molecular weight is 275 g/mol. The molecule has 0 aliphatic rings. The number of aryl methyl sites for hydroxylation is 1. The van der Waals surface area contributed by atoms with Gasteiger partial charge in [-0.3, -0.25) is 16.3 Å². The Labute approximate surface area is 117 Å². The molecule has 5 heteroatoms. The third kappa shape index (κ3) is 3.12. The first kappa shape index (κ1) is 14.4. The van der Waals surface area contributed by atoms with E-state index in [0.717, 1.165) is 16.8 Å². The van der Waals surface area contributed by atoms with Gasteiger partial charge in [0.15, 0.2) is 11.6 Å². The maximum atomic E-state index is 13.7. The Morgan fingerprint density at radius 3 is 2.80 bits per heavy atom. The molecule has 0 aliphatic heterocycles. The Bertz CT molecular complexity index is 589. The van der Waals surface area contributed by atoms with Crippen molar-refractivity contribution in [3.63, 3.8) is 0 Å². The molecule has 0 bridgehead atoms. The molecule has 0 fully saturated rings. The smallest absolute Gasteiger partial charge is 0.165 e. The molecule has 2 aromatic rings. The molecule has 1 atom stereocenters. The summed E-state index contributed by atoms with van der Waals surface area (Å²) in [6.07, 6.45) is 2.31. The van der Waals surface area contributed by atoms with Crippen molar-refractivity contribution in [2.75, 3.05) is 7.11 Å². The molecule has 20 heavy (non-hydrogen) atoms. The molecule has 0 aliphatic carbocycles. The summed E-state index contributed by atoms with van der Waals surface area (Å²) in [6.45, 7) is 1.92. The molecule has 1 heterocycles. The standard InChI is InChI=1S/C15H18FN3O/c1-10-12(4-3-7-18-10)14(19-17)9-11-5-6-15(20-2)13(16)8-11/h3-8,14,19H,9,17H2,1-2H3. The molecule has 0 spiro atoms. The molecule has 4 nitrogen and oxygen atoms in total. The van der Waals surface area contributed by atoms with Gasteiger partial charge in [0.25, 0.3) is 0 Å². The van der Waals surface area contributed by atoms with Crippen LogP contribution < -0.4 is 16.0 Å². The Balaban J connectivity index is 2.23. The minimum atomic E-state index is -0.372. The van der Waals surface area contributed by atoms with Crippen LogP contribution in [0.15, 0.2) is 36.5 Å². The Kier molecular flexibility index (Phi) is 4.65. The largest absolute Gasteiger partial charge is 0.494 e. The number of nitrogens with zero attached hydrogens (tertiary/aromatic N) is 1. The van der Waals surface area contributed by atoms with E-state index in [9.17, 15) is 4.39 Å². The summed E-state index contributed by atoms with van der Waals surface area (Å²) in [4.78, 5) is 4.24. The van der Waals surface area contributed by atoms with Crippen LogP contribution in [0.2, 0.25) is 0 Å². The van der Waals surface area contributed by atoms with E-state index in [4.69, 9.17) is 10.6 Å². The average Bonchev–Trinajstić information content (AvgIpc) is 2.46. The van der Waals surface area contributed by atoms with E-state index < -0.39 is 0 Å². The third-order valence-corrected chi connectivity index (χ3v) is 3.28. The second-order valence-corrected chi connectivity index (χ2v) is 4.57. The molecule has 1 unspecified atom stereocenters. The number of pyridine rings is 1. The number of aromatic nitrogens is 1. The minimum Gasteiger partial charge on any atom is -0.494 e. The second-order valence-electron chi connectivity index (χ2n) is 4.57. The summed E-state index contributed by atoms with van der Waals surface area (Å²) in [5, 5.41) is 0. The van der Waals surface area contributed by atoms with Crippen LogP contribution in [-0.2, 0) is 6.42 Å². The third-order valence-electron chi connectivity index (χ3n) is 3.28. The predicted octanol–water partition coefficient (Wildman–Crippen LogP) is 2.28. The van der Waals surface area contributed by atoms with Crippen molar-refractivity contribution >= 4 is 0 Å². The number of hydrazine groups is 1. The van der Waals surface area contributed by atoms with E-state index in [1.165, 1.54) is 13.2 Å². The molecule has 0 amide bonds. The molecular formula is C15H18FN3O. The monoisotopic (exact) mass is 275 g/mol. The van der Waals surface area contributed by atoms with E-state index in [-0.39, 0.29) is 17.6 Å². The van der Waals surface area contributed by atoms with E-state index in [1.807, 2.05) is 25.1 Å². The number of nitrogens with one attached hydrogen (secondary N) is 1. The summed E-state index contributed by atoms with van der Waals surface area (Å²) < 4.78 is 18.6. The van der Waals surface area contributed by atoms with Crippen LogP contribution >= 0.6 is 0 Å². The number of methoxy groups -OCH3 is 1. The van der Waals surface area contributed by atoms with Crippen LogP contribution in [0.5, 0.6) is 5.75 Å². The van der Waals surface area contributed by atoms with E-state index in [1.54, 1.807) is 12.3 Å². The van der Waals surface area contributed by atoms with Crippen molar-refractivity contribution in [3.8, 4) is 5.75 Å². The number of hydrogen-bond acceptors (Lipinski definition) is 4. The van der Waals surface area contributed by atoms with Crippen molar-refractivity contribution in [2.24, 2.45) is 5.84 Å². The zero-order valence-corrected chi connectivity index (χ0v) is 11.6. The normalized spacial score (nSPS) is 12.2. The van der Waals surface area contributed by atoms with Gasteiger partial charge in [-0.05, 0) is 42.7 Å². The summed E-state index contributed by atoms with van der Waals surface area (Å²) in [6, 6.07) is 8.63. The maximum absolute atomic E-state index is 13.7. The van der Waals surface area contributed by atoms with E-state index >= 15 is 0 Å². The SMILES string of the molecule is COc1ccc(CC(NN)c2cccnc2C)cc1F. The van der Waals surface area contributed by atoms with Crippen molar-refractivity contribution < 1.29 is 9.13 Å². The van der Waals surface area contributed by atoms with Crippen LogP contribution in [0.4, 0.5) is 4.39 Å². The number of halogens is 1. The Morgan fingerprint density at radius 1 is 1.40 bits per heavy atom. The quantitative estimate of drug-likeness (QED) is 0.649. The number of nitrogens with two attached hydrogens (primary N) is 1. The molecule has 1 aromatic heterocycles. The Morgan fingerprint density at radius 2 is 2.20 bits per heavy atom. The van der Waals surface area contributed by atoms with Crippen molar-refractivity contribution in [3.05, 3.63) is 59.2 Å². The molecule has 3 N–H and O–H groups in total. The fourth-order valence-corrected chi connectivity index (χ4v) is 2.20. The fraction of sp³-hybridized carbons (Fsp3) is 0.267. The van der Waals surface area contributed by atoms with Gasteiger partial charge in [0.1, 0.15) is 0 Å². The van der Waals surface area contributed by atoms with Gasteiger partial charge in [-0.2, -0.15) is 0 Å². The first-order valence-corrected chi connectivity index (χ1v) is 6.35. The highest BCUT2D eigenvalue weighted by molar-refractivity contribution is 5.31. The van der Waals surface area contributed by atoms with Crippen molar-refractivity contribution in [1.82, 2.24) is 10.4 Å². The maximum Gasteiger partial charge on any atom is 0.165 e. The predicted molar refractivity (Wildman–Crippen MR) is 75.7 cm³/mol. The highest BCUT2D eigenvalue weighted by Crippen LogP contribution is 2.23. The number of rotatable bonds is 5. The Hall–Kier alpha value is -1.98. The topological polar surface area (TPSA) is 60.2 Å². The van der Waals surface area contributed by atoms with Crippen LogP contribution in [0.1, 0.15) is 22.9 Å². The molecular weight excluding hydrogens is 257 g/mol. The lowest BCUT2D eigenvalue weighted by Crippen LogP contribution is -2.30. The minimum absolute atomic E-state index is 0.114. The summed E-state index contributed by atoms with van der Waals surface area (Å²) in [7, 11) is 1.45. The van der Waals surface area contributed by atoms with Gasteiger partial charge in [-0.25, -0.2) is 4.39 Å². The van der Waals surface area contributed by atoms with Gasteiger partial charge in [-0.1, -0.05) is 12.1 Å². The number of ether oxygens (including phenoxy) is 1. The van der Waals surface area contributed by atoms with Crippen molar-refractivity contribution in [2.45, 2.75) is 19.4 Å². The zero-order valence-electron chi connectivity index (χ0n) is 11.6. The summed E-state index contributed by atoms with van der Waals surface area (Å²) >= 11 is 0. The fourth-order valence-electron chi connectivity index (χ4n) is 2.20. The van der Waals surface area contributed by atoms with Crippen LogP contribution in [0, 0.1) is 12.7 Å². The number of hydrogen-bond donors (Lipinski definition) is 2. The van der Waals surface area contributed by atoms with Gasteiger partial charge in [0.05, 0.1) is 13.2 Å².